The van der Waals surface area contributed by atoms with Gasteiger partial charge in [0.15, 0.2) is 0 Å². The van der Waals surface area contributed by atoms with Crippen LogP contribution in [0.25, 0.3) is 0 Å². The van der Waals surface area contributed by atoms with Crippen molar-refractivity contribution in [3.63, 3.8) is 0 Å². The number of rotatable bonds is 1. The van der Waals surface area contributed by atoms with Crippen LogP contribution in [-0.4, -0.2) is 5.91 Å². The molecule has 2 nitrogen and oxygen atoms in total. The van der Waals surface area contributed by atoms with E-state index >= 15 is 0 Å². The Balaban J connectivity index is 2.19. The van der Waals surface area contributed by atoms with Crippen LogP contribution in [-0.2, 0) is 4.79 Å². The molecule has 1 saturated heterocycles. The zero-order chi connectivity index (χ0) is 8.72. The Morgan fingerprint density at radius 3 is 2.83 bits per heavy atom. The van der Waals surface area contributed by atoms with E-state index in [-0.39, 0.29) is 11.9 Å². The van der Waals surface area contributed by atoms with Crippen LogP contribution in [0.1, 0.15) is 17.3 Å². The van der Waals surface area contributed by atoms with Gasteiger partial charge >= 0.3 is 0 Å². The van der Waals surface area contributed by atoms with Crippen molar-refractivity contribution in [3.8, 4) is 0 Å². The van der Waals surface area contributed by atoms with Gasteiger partial charge in [-0.15, -0.1) is 11.3 Å². The predicted molar refractivity (Wildman–Crippen MR) is 52.5 cm³/mol. The number of carbonyl (C=O) groups is 1. The van der Waals surface area contributed by atoms with E-state index in [9.17, 15) is 4.79 Å². The first-order valence-electron chi connectivity index (χ1n) is 3.41. The van der Waals surface area contributed by atoms with Crippen molar-refractivity contribution in [1.29, 1.82) is 0 Å². The summed E-state index contributed by atoms with van der Waals surface area (Å²) in [4.78, 5) is 11.7. The number of β-lactam (4-membered cyclic amide) rings is 1. The molecule has 1 atom stereocenters. The van der Waals surface area contributed by atoms with Gasteiger partial charge in [-0.1, -0.05) is 11.6 Å². The number of amides is 1. The number of thiophene rings is 1. The number of nitrogens with one attached hydrogen (secondary N) is 1. The van der Waals surface area contributed by atoms with E-state index in [1.54, 1.807) is 0 Å². The van der Waals surface area contributed by atoms with E-state index in [2.05, 4.69) is 21.2 Å². The second kappa shape index (κ2) is 3.01. The maximum absolute atomic E-state index is 10.6. The highest BCUT2D eigenvalue weighted by atomic mass is 79.9. The molecular formula is C7H5BrClNOS. The molecule has 0 bridgehead atoms. The fourth-order valence-electron chi connectivity index (χ4n) is 1.07. The van der Waals surface area contributed by atoms with Crippen molar-refractivity contribution < 1.29 is 4.79 Å². The highest BCUT2D eigenvalue weighted by Crippen LogP contribution is 2.38. The topological polar surface area (TPSA) is 29.1 Å². The SMILES string of the molecule is O=C1CC(c2cc(Br)c(Cl)s2)N1. The highest BCUT2D eigenvalue weighted by molar-refractivity contribution is 9.10. The molecule has 1 aliphatic rings. The van der Waals surface area contributed by atoms with Crippen LogP contribution in [0.2, 0.25) is 4.34 Å². The molecule has 1 amide bonds. The molecule has 1 aromatic rings. The summed E-state index contributed by atoms with van der Waals surface area (Å²) < 4.78 is 1.65. The van der Waals surface area contributed by atoms with Crippen LogP contribution in [0.5, 0.6) is 0 Å². The van der Waals surface area contributed by atoms with Gasteiger partial charge in [-0.3, -0.25) is 4.79 Å². The largest absolute Gasteiger partial charge is 0.348 e. The Hall–Kier alpha value is -0.0600. The molecular weight excluding hydrogens is 262 g/mol. The first-order valence-corrected chi connectivity index (χ1v) is 5.39. The lowest BCUT2D eigenvalue weighted by molar-refractivity contribution is -0.128. The lowest BCUT2D eigenvalue weighted by Gasteiger charge is -2.25. The first-order chi connectivity index (χ1) is 5.66. The lowest BCUT2D eigenvalue weighted by Crippen LogP contribution is -2.40. The third kappa shape index (κ3) is 1.39. The summed E-state index contributed by atoms with van der Waals surface area (Å²) in [5.41, 5.74) is 0. The van der Waals surface area contributed by atoms with Gasteiger partial charge in [0.05, 0.1) is 12.5 Å². The van der Waals surface area contributed by atoms with Gasteiger partial charge in [-0.05, 0) is 22.0 Å². The molecule has 0 saturated carbocycles. The number of halogens is 2. The molecule has 0 aliphatic carbocycles. The summed E-state index contributed by atoms with van der Waals surface area (Å²) in [6.07, 6.45) is 0.587. The van der Waals surface area contributed by atoms with E-state index in [0.29, 0.717) is 6.42 Å². The van der Waals surface area contributed by atoms with Crippen molar-refractivity contribution in [2.45, 2.75) is 12.5 Å². The minimum Gasteiger partial charge on any atom is -0.348 e. The normalized spacial score (nSPS) is 21.8. The smallest absolute Gasteiger partial charge is 0.222 e. The highest BCUT2D eigenvalue weighted by Gasteiger charge is 2.28. The second-order valence-electron chi connectivity index (χ2n) is 2.59. The predicted octanol–water partition coefficient (Wildman–Crippen LogP) is 2.73. The summed E-state index contributed by atoms with van der Waals surface area (Å²) >= 11 is 10.7. The summed E-state index contributed by atoms with van der Waals surface area (Å²) in [5, 5.41) is 2.79. The molecule has 1 aliphatic heterocycles. The van der Waals surface area contributed by atoms with E-state index in [0.717, 1.165) is 13.7 Å². The summed E-state index contributed by atoms with van der Waals surface area (Å²) in [6.45, 7) is 0. The molecule has 0 radical (unpaired) electrons. The summed E-state index contributed by atoms with van der Waals surface area (Å²) in [7, 11) is 0. The Labute approximate surface area is 87.0 Å². The molecule has 5 heteroatoms. The van der Waals surface area contributed by atoms with Crippen LogP contribution in [0.15, 0.2) is 10.5 Å². The molecule has 1 aromatic heterocycles. The molecule has 2 heterocycles. The minimum absolute atomic E-state index is 0.112. The van der Waals surface area contributed by atoms with E-state index in [1.165, 1.54) is 11.3 Å². The zero-order valence-corrected chi connectivity index (χ0v) is 9.09. The lowest BCUT2D eigenvalue weighted by atomic mass is 10.1. The van der Waals surface area contributed by atoms with Gasteiger partial charge in [0.1, 0.15) is 4.34 Å². The fraction of sp³-hybridized carbons (Fsp3) is 0.286. The van der Waals surface area contributed by atoms with Gasteiger partial charge in [0.25, 0.3) is 0 Å². The van der Waals surface area contributed by atoms with Crippen molar-refractivity contribution in [3.05, 3.63) is 19.8 Å². The van der Waals surface area contributed by atoms with Crippen molar-refractivity contribution >= 4 is 44.8 Å². The third-order valence-electron chi connectivity index (χ3n) is 1.73. The monoisotopic (exact) mass is 265 g/mol. The maximum atomic E-state index is 10.6. The Kier molecular flexibility index (Phi) is 2.14. The Morgan fingerprint density at radius 2 is 2.42 bits per heavy atom. The molecule has 1 fully saturated rings. The number of hydrogen-bond donors (Lipinski definition) is 1. The Bertz CT molecular complexity index is 311. The van der Waals surface area contributed by atoms with Gasteiger partial charge < -0.3 is 5.32 Å². The second-order valence-corrected chi connectivity index (χ2v) is 5.13. The van der Waals surface area contributed by atoms with E-state index < -0.39 is 0 Å². The van der Waals surface area contributed by atoms with Gasteiger partial charge in [0, 0.05) is 9.35 Å². The molecule has 2 rings (SSSR count). The molecule has 64 valence electrons. The third-order valence-corrected chi connectivity index (χ3v) is 4.32. The van der Waals surface area contributed by atoms with Crippen LogP contribution < -0.4 is 5.32 Å². The van der Waals surface area contributed by atoms with Crippen molar-refractivity contribution in [1.82, 2.24) is 5.32 Å². The molecule has 1 N–H and O–H groups in total. The van der Waals surface area contributed by atoms with Crippen molar-refractivity contribution in [2.75, 3.05) is 0 Å². The maximum Gasteiger partial charge on any atom is 0.222 e. The van der Waals surface area contributed by atoms with E-state index in [4.69, 9.17) is 11.6 Å². The quantitative estimate of drug-likeness (QED) is 0.778. The van der Waals surface area contributed by atoms with Crippen LogP contribution in [0.3, 0.4) is 0 Å². The average molecular weight is 267 g/mol. The zero-order valence-electron chi connectivity index (χ0n) is 5.93. The number of carbonyl (C=O) groups excluding carboxylic acids is 1. The summed E-state index contributed by atoms with van der Waals surface area (Å²) in [5.74, 6) is 0.112. The number of hydrogen-bond acceptors (Lipinski definition) is 2. The minimum atomic E-state index is 0.112. The van der Waals surface area contributed by atoms with Crippen LogP contribution in [0, 0.1) is 0 Å². The molecule has 0 spiro atoms. The summed E-state index contributed by atoms with van der Waals surface area (Å²) in [6, 6.07) is 2.14. The van der Waals surface area contributed by atoms with Gasteiger partial charge in [0.2, 0.25) is 5.91 Å². The van der Waals surface area contributed by atoms with E-state index in [1.807, 2.05) is 6.07 Å². The molecule has 1 unspecified atom stereocenters. The first kappa shape index (κ1) is 8.53. The molecule has 0 aromatic carbocycles. The standard InChI is InChI=1S/C7H5BrClNOS/c8-3-1-5(12-7(3)9)4-2-6(11)10-4/h1,4H,2H2,(H,10,11). The van der Waals surface area contributed by atoms with Gasteiger partial charge in [-0.25, -0.2) is 0 Å². The fourth-order valence-corrected chi connectivity index (χ4v) is 2.85. The van der Waals surface area contributed by atoms with Crippen molar-refractivity contribution in [2.24, 2.45) is 0 Å². The van der Waals surface area contributed by atoms with Crippen LogP contribution in [0.4, 0.5) is 0 Å². The Morgan fingerprint density at radius 1 is 1.75 bits per heavy atom. The van der Waals surface area contributed by atoms with Crippen LogP contribution >= 0.6 is 38.9 Å². The average Bonchev–Trinajstić information content (AvgIpc) is 2.26. The van der Waals surface area contributed by atoms with Gasteiger partial charge in [-0.2, -0.15) is 0 Å². The molecule has 12 heavy (non-hydrogen) atoms.